The Morgan fingerprint density at radius 2 is 1.69 bits per heavy atom. The minimum absolute atomic E-state index is 0.00195. The third-order valence-electron chi connectivity index (χ3n) is 4.50. The molecule has 166 valence electrons. The molecule has 3 rings (SSSR count). The second-order valence-corrected chi connectivity index (χ2v) is 9.12. The monoisotopic (exact) mass is 471 g/mol. The van der Waals surface area contributed by atoms with Gasteiger partial charge in [0.05, 0.1) is 24.8 Å². The molecule has 0 aliphatic carbocycles. The van der Waals surface area contributed by atoms with E-state index in [1.54, 1.807) is 54.6 Å². The Bertz CT molecular complexity index is 1180. The number of benzene rings is 3. The number of methoxy groups -OCH3 is 1. The van der Waals surface area contributed by atoms with Gasteiger partial charge < -0.3 is 4.74 Å². The molecular weight excluding hydrogens is 450 g/mol. The first kappa shape index (κ1) is 23.5. The topological polar surface area (TPSA) is 88.1 Å². The molecule has 0 saturated carbocycles. The SMILES string of the molecule is COc1ccccc1C=NNC(=O)CN(Cc1ccc(Cl)cc1)S(=O)(=O)c1ccccc1. The van der Waals surface area contributed by atoms with E-state index in [0.29, 0.717) is 21.9 Å². The van der Waals surface area contributed by atoms with E-state index < -0.39 is 22.5 Å². The highest BCUT2D eigenvalue weighted by atomic mass is 35.5. The lowest BCUT2D eigenvalue weighted by Crippen LogP contribution is -2.39. The fourth-order valence-corrected chi connectivity index (χ4v) is 4.43. The van der Waals surface area contributed by atoms with Crippen LogP contribution in [0.4, 0.5) is 0 Å². The van der Waals surface area contributed by atoms with Crippen LogP contribution in [0.15, 0.2) is 88.9 Å². The van der Waals surface area contributed by atoms with Crippen molar-refractivity contribution in [3.8, 4) is 5.75 Å². The van der Waals surface area contributed by atoms with Crippen molar-refractivity contribution in [3.05, 3.63) is 95.0 Å². The number of ether oxygens (including phenoxy) is 1. The number of para-hydroxylation sites is 1. The van der Waals surface area contributed by atoms with E-state index in [-0.39, 0.29) is 11.4 Å². The average Bonchev–Trinajstić information content (AvgIpc) is 2.81. The zero-order valence-electron chi connectivity index (χ0n) is 17.3. The van der Waals surface area contributed by atoms with Crippen LogP contribution in [0.2, 0.25) is 5.02 Å². The molecule has 0 aliphatic heterocycles. The van der Waals surface area contributed by atoms with E-state index in [4.69, 9.17) is 16.3 Å². The summed E-state index contributed by atoms with van der Waals surface area (Å²) in [5.74, 6) is 0.0196. The zero-order valence-corrected chi connectivity index (χ0v) is 18.9. The molecule has 1 amide bonds. The van der Waals surface area contributed by atoms with E-state index in [1.807, 2.05) is 12.1 Å². The summed E-state index contributed by atoms with van der Waals surface area (Å²) in [4.78, 5) is 12.6. The molecule has 0 heterocycles. The number of carbonyl (C=O) groups is 1. The lowest BCUT2D eigenvalue weighted by atomic mass is 10.2. The molecule has 0 saturated heterocycles. The van der Waals surface area contributed by atoms with Gasteiger partial charge in [-0.15, -0.1) is 0 Å². The van der Waals surface area contributed by atoms with Crippen LogP contribution in [0.25, 0.3) is 0 Å². The molecular formula is C23H22ClN3O4S. The summed E-state index contributed by atoms with van der Waals surface area (Å²) < 4.78 is 32.7. The van der Waals surface area contributed by atoms with Gasteiger partial charge in [0.25, 0.3) is 5.91 Å². The molecule has 7 nitrogen and oxygen atoms in total. The Labute approximate surface area is 192 Å². The predicted molar refractivity (Wildman–Crippen MR) is 124 cm³/mol. The van der Waals surface area contributed by atoms with Crippen LogP contribution in [0.1, 0.15) is 11.1 Å². The number of hydrogen-bond acceptors (Lipinski definition) is 5. The predicted octanol–water partition coefficient (Wildman–Crippen LogP) is 3.69. The van der Waals surface area contributed by atoms with Gasteiger partial charge in [-0.2, -0.15) is 9.41 Å². The van der Waals surface area contributed by atoms with Crippen LogP contribution in [0.5, 0.6) is 5.75 Å². The van der Waals surface area contributed by atoms with Crippen molar-refractivity contribution in [3.63, 3.8) is 0 Å². The highest BCUT2D eigenvalue weighted by Crippen LogP contribution is 2.19. The summed E-state index contributed by atoms with van der Waals surface area (Å²) in [5, 5.41) is 4.47. The Balaban J connectivity index is 1.78. The molecule has 0 aromatic heterocycles. The maximum Gasteiger partial charge on any atom is 0.255 e. The molecule has 1 N–H and O–H groups in total. The summed E-state index contributed by atoms with van der Waals surface area (Å²) in [7, 11) is -2.39. The first-order valence-electron chi connectivity index (χ1n) is 9.64. The number of amides is 1. The van der Waals surface area contributed by atoms with Crippen molar-refractivity contribution in [1.82, 2.24) is 9.73 Å². The van der Waals surface area contributed by atoms with Gasteiger partial charge in [-0.3, -0.25) is 4.79 Å². The molecule has 9 heteroatoms. The van der Waals surface area contributed by atoms with E-state index in [9.17, 15) is 13.2 Å². The van der Waals surface area contributed by atoms with Crippen LogP contribution in [-0.4, -0.2) is 38.5 Å². The maximum atomic E-state index is 13.2. The van der Waals surface area contributed by atoms with Gasteiger partial charge >= 0.3 is 0 Å². The standard InChI is InChI=1S/C23H22ClN3O4S/c1-31-22-10-6-5-7-19(22)15-25-26-23(28)17-27(16-18-11-13-20(24)14-12-18)32(29,30)21-8-3-2-4-9-21/h2-15H,16-17H2,1H3,(H,26,28). The molecule has 0 bridgehead atoms. The molecule has 0 spiro atoms. The van der Waals surface area contributed by atoms with Crippen LogP contribution < -0.4 is 10.2 Å². The Morgan fingerprint density at radius 3 is 2.38 bits per heavy atom. The van der Waals surface area contributed by atoms with Crippen LogP contribution in [0, 0.1) is 0 Å². The Hall–Kier alpha value is -3.20. The van der Waals surface area contributed by atoms with Gasteiger partial charge in [0.15, 0.2) is 0 Å². The normalized spacial score (nSPS) is 11.6. The summed E-state index contributed by atoms with van der Waals surface area (Å²) in [6.07, 6.45) is 1.44. The minimum atomic E-state index is -3.92. The highest BCUT2D eigenvalue weighted by Gasteiger charge is 2.26. The van der Waals surface area contributed by atoms with Gasteiger partial charge in [0.2, 0.25) is 10.0 Å². The Kier molecular flexibility index (Phi) is 7.99. The van der Waals surface area contributed by atoms with Gasteiger partial charge in [-0.25, -0.2) is 13.8 Å². The maximum absolute atomic E-state index is 13.2. The van der Waals surface area contributed by atoms with Crippen LogP contribution in [0.3, 0.4) is 0 Å². The lowest BCUT2D eigenvalue weighted by Gasteiger charge is -2.21. The van der Waals surface area contributed by atoms with E-state index in [0.717, 1.165) is 4.31 Å². The van der Waals surface area contributed by atoms with Crippen molar-refractivity contribution < 1.29 is 17.9 Å². The number of halogens is 1. The highest BCUT2D eigenvalue weighted by molar-refractivity contribution is 7.89. The van der Waals surface area contributed by atoms with Crippen LogP contribution in [-0.2, 0) is 21.4 Å². The van der Waals surface area contributed by atoms with E-state index >= 15 is 0 Å². The van der Waals surface area contributed by atoms with Gasteiger partial charge in [0.1, 0.15) is 5.75 Å². The largest absolute Gasteiger partial charge is 0.496 e. The fourth-order valence-electron chi connectivity index (χ4n) is 2.90. The number of hydrazone groups is 1. The third-order valence-corrected chi connectivity index (χ3v) is 6.56. The van der Waals surface area contributed by atoms with E-state index in [1.165, 1.54) is 25.5 Å². The van der Waals surface area contributed by atoms with Crippen molar-refractivity contribution in [1.29, 1.82) is 0 Å². The second-order valence-electron chi connectivity index (χ2n) is 6.75. The van der Waals surface area contributed by atoms with Crippen molar-refractivity contribution >= 4 is 33.7 Å². The number of sulfonamides is 1. The minimum Gasteiger partial charge on any atom is -0.496 e. The van der Waals surface area contributed by atoms with E-state index in [2.05, 4.69) is 10.5 Å². The third kappa shape index (κ3) is 6.16. The number of nitrogens with one attached hydrogen (secondary N) is 1. The molecule has 0 radical (unpaired) electrons. The molecule has 32 heavy (non-hydrogen) atoms. The quantitative estimate of drug-likeness (QED) is 0.381. The summed E-state index contributed by atoms with van der Waals surface area (Å²) in [5.41, 5.74) is 3.74. The molecule has 0 fully saturated rings. The molecule has 3 aromatic rings. The molecule has 0 atom stereocenters. The molecule has 0 unspecified atom stereocenters. The van der Waals surface area contributed by atoms with Crippen molar-refractivity contribution in [2.24, 2.45) is 5.10 Å². The van der Waals surface area contributed by atoms with Gasteiger partial charge in [-0.05, 0) is 42.0 Å². The number of carbonyl (C=O) groups excluding carboxylic acids is 1. The first-order valence-corrected chi connectivity index (χ1v) is 11.5. The smallest absolute Gasteiger partial charge is 0.255 e. The number of rotatable bonds is 9. The number of hydrogen-bond donors (Lipinski definition) is 1. The second kappa shape index (κ2) is 10.9. The number of nitrogens with zero attached hydrogens (tertiary/aromatic N) is 2. The Morgan fingerprint density at radius 1 is 1.03 bits per heavy atom. The van der Waals surface area contributed by atoms with Crippen LogP contribution >= 0.6 is 11.6 Å². The molecule has 0 aliphatic rings. The van der Waals surface area contributed by atoms with Crippen molar-refractivity contribution in [2.45, 2.75) is 11.4 Å². The van der Waals surface area contributed by atoms with Gasteiger partial charge in [0, 0.05) is 17.1 Å². The van der Waals surface area contributed by atoms with Gasteiger partial charge in [-0.1, -0.05) is 54.1 Å². The summed E-state index contributed by atoms with van der Waals surface area (Å²) in [6, 6.07) is 21.9. The zero-order chi connectivity index (χ0) is 23.0. The summed E-state index contributed by atoms with van der Waals surface area (Å²) in [6.45, 7) is -0.416. The molecule has 3 aromatic carbocycles. The van der Waals surface area contributed by atoms with Crippen molar-refractivity contribution in [2.75, 3.05) is 13.7 Å². The fraction of sp³-hybridized carbons (Fsp3) is 0.130. The lowest BCUT2D eigenvalue weighted by molar-refractivity contribution is -0.121. The first-order chi connectivity index (χ1) is 15.4. The summed E-state index contributed by atoms with van der Waals surface area (Å²) >= 11 is 5.93. The average molecular weight is 472 g/mol.